The van der Waals surface area contributed by atoms with Crippen LogP contribution < -0.4 is 21.5 Å². The lowest BCUT2D eigenvalue weighted by molar-refractivity contribution is -0.136. The minimum atomic E-state index is -0.530. The van der Waals surface area contributed by atoms with Gasteiger partial charge in [0.2, 0.25) is 0 Å². The Morgan fingerprint density at radius 1 is 1.31 bits per heavy atom. The first-order chi connectivity index (χ1) is 15.3. The molecule has 0 atom stereocenters. The van der Waals surface area contributed by atoms with E-state index in [2.05, 4.69) is 30.2 Å². The van der Waals surface area contributed by atoms with Crippen molar-refractivity contribution >= 4 is 29.0 Å². The zero-order valence-electron chi connectivity index (χ0n) is 19.0. The van der Waals surface area contributed by atoms with Gasteiger partial charge < -0.3 is 35.1 Å². The number of amidine groups is 1. The second-order valence-corrected chi connectivity index (χ2v) is 7.11. The van der Waals surface area contributed by atoms with E-state index in [1.807, 2.05) is 21.0 Å². The fourth-order valence-corrected chi connectivity index (χ4v) is 2.72. The number of nitrogens with two attached hydrogens (primary N) is 1. The van der Waals surface area contributed by atoms with Crippen LogP contribution in [-0.2, 0) is 20.8 Å². The quantitative estimate of drug-likeness (QED) is 0.167. The number of H-pyrrole nitrogens is 1. The first-order valence-electron chi connectivity index (χ1n) is 10.4. The number of hydrogen-bond donors (Lipinski definition) is 3. The Balaban J connectivity index is 2.05. The normalized spacial score (nSPS) is 11.8. The van der Waals surface area contributed by atoms with Crippen LogP contribution in [0.4, 0.5) is 5.82 Å². The Kier molecular flexibility index (Phi) is 9.88. The largest absolute Gasteiger partial charge is 0.461 e. The van der Waals surface area contributed by atoms with Crippen molar-refractivity contribution in [2.24, 2.45) is 4.99 Å². The molecule has 0 radical (unpaired) electrons. The van der Waals surface area contributed by atoms with E-state index in [0.29, 0.717) is 19.7 Å². The standard InChI is InChI=1S/C19H32N8O5/c1-5-21-17(22-8-6-9-26(2)3)32-13(28)7-10-27-16-14(23-19(27)29)15(20)24-18(25-16)31-12-11-30-4/h5-12H2,1-4H3,(H,21,22)(H,23,29)(H2,20,24,25). The number of nitrogens with one attached hydrogen (secondary N) is 2. The molecular formula is C19H32N8O5. The average molecular weight is 453 g/mol. The first kappa shape index (κ1) is 25.1. The van der Waals surface area contributed by atoms with Crippen LogP contribution in [0, 0.1) is 0 Å². The number of aryl methyl sites for hydroxylation is 1. The van der Waals surface area contributed by atoms with Crippen LogP contribution >= 0.6 is 0 Å². The van der Waals surface area contributed by atoms with Crippen molar-refractivity contribution in [2.45, 2.75) is 26.3 Å². The Morgan fingerprint density at radius 3 is 2.78 bits per heavy atom. The third-order valence-corrected chi connectivity index (χ3v) is 4.25. The molecule has 13 heteroatoms. The number of ether oxygens (including phenoxy) is 3. The monoisotopic (exact) mass is 452 g/mol. The van der Waals surface area contributed by atoms with E-state index in [-0.39, 0.29) is 48.6 Å². The molecule has 0 bridgehead atoms. The van der Waals surface area contributed by atoms with E-state index in [1.54, 1.807) is 7.11 Å². The lowest BCUT2D eigenvalue weighted by atomic mass is 10.4. The Bertz CT molecular complexity index is 969. The van der Waals surface area contributed by atoms with Gasteiger partial charge in [0, 0.05) is 26.7 Å². The molecule has 2 rings (SSSR count). The maximum Gasteiger partial charge on any atom is 0.327 e. The molecule has 4 N–H and O–H groups in total. The Labute approximate surface area is 186 Å². The number of imidazole rings is 1. The van der Waals surface area contributed by atoms with Crippen molar-refractivity contribution in [3.8, 4) is 6.01 Å². The molecule has 0 fully saturated rings. The number of anilines is 1. The molecule has 0 spiro atoms. The van der Waals surface area contributed by atoms with E-state index in [4.69, 9.17) is 19.9 Å². The van der Waals surface area contributed by atoms with Crippen LogP contribution in [0.5, 0.6) is 6.01 Å². The first-order valence-corrected chi connectivity index (χ1v) is 10.4. The Morgan fingerprint density at radius 2 is 2.09 bits per heavy atom. The van der Waals surface area contributed by atoms with Gasteiger partial charge in [0.05, 0.1) is 13.0 Å². The van der Waals surface area contributed by atoms with Gasteiger partial charge in [-0.15, -0.1) is 0 Å². The smallest absolute Gasteiger partial charge is 0.327 e. The molecule has 0 saturated heterocycles. The number of hydrogen-bond acceptors (Lipinski definition) is 10. The van der Waals surface area contributed by atoms with Gasteiger partial charge in [-0.1, -0.05) is 0 Å². The summed E-state index contributed by atoms with van der Waals surface area (Å²) in [5.41, 5.74) is 5.96. The highest BCUT2D eigenvalue weighted by Crippen LogP contribution is 2.17. The molecule has 0 saturated carbocycles. The minimum Gasteiger partial charge on any atom is -0.461 e. The molecule has 32 heavy (non-hydrogen) atoms. The SMILES string of the molecule is CCNC(=NCCCN(C)C)OC(=O)CCn1c(=O)[nH]c2c(N)nc(OCCOC)nc21. The molecule has 178 valence electrons. The van der Waals surface area contributed by atoms with Crippen LogP contribution in [0.3, 0.4) is 0 Å². The second kappa shape index (κ2) is 12.6. The van der Waals surface area contributed by atoms with Crippen molar-refractivity contribution in [1.29, 1.82) is 0 Å². The van der Waals surface area contributed by atoms with Gasteiger partial charge >= 0.3 is 17.7 Å². The molecule has 2 aromatic heterocycles. The minimum absolute atomic E-state index is 0.0154. The number of carbonyl (C=O) groups is 1. The topological polar surface area (TPSA) is 162 Å². The summed E-state index contributed by atoms with van der Waals surface area (Å²) >= 11 is 0. The van der Waals surface area contributed by atoms with Crippen molar-refractivity contribution in [2.75, 3.05) is 59.8 Å². The molecule has 13 nitrogen and oxygen atoms in total. The Hall–Kier alpha value is -3.19. The number of nitrogens with zero attached hydrogens (tertiary/aromatic N) is 5. The van der Waals surface area contributed by atoms with Gasteiger partial charge in [-0.25, -0.2) is 9.79 Å². The summed E-state index contributed by atoms with van der Waals surface area (Å²) in [5.74, 6) is -0.461. The second-order valence-electron chi connectivity index (χ2n) is 7.11. The lowest BCUT2D eigenvalue weighted by Crippen LogP contribution is -2.30. The third-order valence-electron chi connectivity index (χ3n) is 4.25. The summed E-state index contributed by atoms with van der Waals surface area (Å²) in [6.45, 7) is 4.45. The summed E-state index contributed by atoms with van der Waals surface area (Å²) in [6.07, 6.45) is 0.763. The van der Waals surface area contributed by atoms with Crippen LogP contribution in [0.25, 0.3) is 11.2 Å². The number of methoxy groups -OCH3 is 1. The number of aliphatic imine (C=N–C) groups is 1. The molecule has 0 aromatic carbocycles. The van der Waals surface area contributed by atoms with E-state index >= 15 is 0 Å². The van der Waals surface area contributed by atoms with Crippen molar-refractivity contribution in [3.05, 3.63) is 10.5 Å². The number of carbonyl (C=O) groups excluding carboxylic acids is 1. The number of nitrogen functional groups attached to an aromatic ring is 1. The van der Waals surface area contributed by atoms with Crippen molar-refractivity contribution in [3.63, 3.8) is 0 Å². The van der Waals surface area contributed by atoms with Gasteiger partial charge in [0.25, 0.3) is 6.02 Å². The highest BCUT2D eigenvalue weighted by molar-refractivity contribution is 5.87. The van der Waals surface area contributed by atoms with Crippen molar-refractivity contribution < 1.29 is 19.0 Å². The molecule has 0 aliphatic rings. The number of aromatic nitrogens is 4. The molecule has 0 aliphatic carbocycles. The maximum absolute atomic E-state index is 12.4. The number of rotatable bonds is 12. The zero-order valence-corrected chi connectivity index (χ0v) is 19.0. The highest BCUT2D eigenvalue weighted by Gasteiger charge is 2.16. The summed E-state index contributed by atoms with van der Waals surface area (Å²) in [5, 5.41) is 2.93. The molecule has 0 unspecified atom stereocenters. The molecular weight excluding hydrogens is 420 g/mol. The summed E-state index contributed by atoms with van der Waals surface area (Å²) < 4.78 is 16.9. The van der Waals surface area contributed by atoms with E-state index in [9.17, 15) is 9.59 Å². The summed E-state index contributed by atoms with van der Waals surface area (Å²) in [7, 11) is 5.50. The molecule has 2 heterocycles. The van der Waals surface area contributed by atoms with Crippen LogP contribution in [0.1, 0.15) is 19.8 Å². The molecule has 0 amide bonds. The van der Waals surface area contributed by atoms with Crippen LogP contribution in [0.2, 0.25) is 0 Å². The number of aromatic amines is 1. The highest BCUT2D eigenvalue weighted by atomic mass is 16.6. The van der Waals surface area contributed by atoms with Gasteiger partial charge in [-0.05, 0) is 34.0 Å². The van der Waals surface area contributed by atoms with Crippen LogP contribution in [0.15, 0.2) is 9.79 Å². The average Bonchev–Trinajstić information content (AvgIpc) is 3.05. The summed E-state index contributed by atoms with van der Waals surface area (Å²) in [6, 6.07) is 0.185. The van der Waals surface area contributed by atoms with Crippen molar-refractivity contribution in [1.82, 2.24) is 29.7 Å². The van der Waals surface area contributed by atoms with Gasteiger partial charge in [0.1, 0.15) is 12.1 Å². The fraction of sp³-hybridized carbons (Fsp3) is 0.632. The zero-order chi connectivity index (χ0) is 23.5. The van der Waals surface area contributed by atoms with E-state index in [0.717, 1.165) is 13.0 Å². The predicted octanol–water partition coefficient (Wildman–Crippen LogP) is -0.422. The molecule has 0 aliphatic heterocycles. The fourth-order valence-electron chi connectivity index (χ4n) is 2.72. The van der Waals surface area contributed by atoms with Gasteiger partial charge in [-0.2, -0.15) is 9.97 Å². The van der Waals surface area contributed by atoms with Gasteiger partial charge in [-0.3, -0.25) is 9.36 Å². The lowest BCUT2D eigenvalue weighted by Gasteiger charge is -2.10. The third kappa shape index (κ3) is 7.50. The van der Waals surface area contributed by atoms with Crippen LogP contribution in [-0.4, -0.2) is 90.5 Å². The number of esters is 1. The maximum atomic E-state index is 12.4. The summed E-state index contributed by atoms with van der Waals surface area (Å²) in [4.78, 5) is 41.9. The molecule has 2 aromatic rings. The van der Waals surface area contributed by atoms with Gasteiger partial charge in [0.15, 0.2) is 11.5 Å². The number of fused-ring (bicyclic) bond motifs is 1. The van der Waals surface area contributed by atoms with E-state index in [1.165, 1.54) is 4.57 Å². The predicted molar refractivity (Wildman–Crippen MR) is 120 cm³/mol. The van der Waals surface area contributed by atoms with E-state index < -0.39 is 11.7 Å².